The predicted octanol–water partition coefficient (Wildman–Crippen LogP) is 8.07. The SMILES string of the molecule is COc1ccc([C@@](C2=CC=CC2)(c2ccccc2OC)c2[nH]c3ccccc3c2-c2ccccc2)cc1. The molecule has 0 fully saturated rings. The van der Waals surface area contributed by atoms with E-state index in [0.717, 1.165) is 40.3 Å². The highest BCUT2D eigenvalue weighted by atomic mass is 16.5. The van der Waals surface area contributed by atoms with Crippen LogP contribution in [0.25, 0.3) is 22.0 Å². The average Bonchev–Trinajstić information content (AvgIpc) is 3.64. The zero-order valence-electron chi connectivity index (χ0n) is 21.1. The second-order valence-corrected chi connectivity index (χ2v) is 9.29. The van der Waals surface area contributed by atoms with E-state index in [1.54, 1.807) is 14.2 Å². The molecule has 4 aromatic carbocycles. The molecule has 3 heteroatoms. The number of ether oxygens (including phenoxy) is 2. The molecule has 0 bridgehead atoms. The van der Waals surface area contributed by atoms with Crippen molar-refractivity contribution in [3.05, 3.63) is 144 Å². The fourth-order valence-electron chi connectivity index (χ4n) is 5.80. The largest absolute Gasteiger partial charge is 0.497 e. The maximum absolute atomic E-state index is 6.03. The van der Waals surface area contributed by atoms with Crippen LogP contribution in [0.5, 0.6) is 11.5 Å². The van der Waals surface area contributed by atoms with Crippen LogP contribution in [-0.4, -0.2) is 19.2 Å². The second-order valence-electron chi connectivity index (χ2n) is 9.29. The van der Waals surface area contributed by atoms with Crippen molar-refractivity contribution >= 4 is 10.9 Å². The van der Waals surface area contributed by atoms with Gasteiger partial charge in [0.15, 0.2) is 0 Å². The molecule has 6 rings (SSSR count). The monoisotopic (exact) mass is 483 g/mol. The molecule has 0 amide bonds. The van der Waals surface area contributed by atoms with E-state index in [2.05, 4.69) is 108 Å². The van der Waals surface area contributed by atoms with Crippen molar-refractivity contribution in [1.82, 2.24) is 4.98 Å². The summed E-state index contributed by atoms with van der Waals surface area (Å²) < 4.78 is 11.6. The summed E-state index contributed by atoms with van der Waals surface area (Å²) in [5, 5.41) is 1.20. The minimum absolute atomic E-state index is 0.632. The number of aromatic nitrogens is 1. The quantitative estimate of drug-likeness (QED) is 0.254. The molecule has 1 aliphatic carbocycles. The first kappa shape index (κ1) is 22.9. The average molecular weight is 484 g/mol. The van der Waals surface area contributed by atoms with Crippen molar-refractivity contribution < 1.29 is 9.47 Å². The Labute approximate surface area is 217 Å². The van der Waals surface area contributed by atoms with Crippen LogP contribution in [-0.2, 0) is 5.41 Å². The summed E-state index contributed by atoms with van der Waals surface area (Å²) >= 11 is 0. The van der Waals surface area contributed by atoms with Gasteiger partial charge in [-0.3, -0.25) is 0 Å². The van der Waals surface area contributed by atoms with E-state index in [9.17, 15) is 0 Å². The smallest absolute Gasteiger partial charge is 0.123 e. The van der Waals surface area contributed by atoms with E-state index < -0.39 is 5.41 Å². The zero-order valence-corrected chi connectivity index (χ0v) is 21.1. The van der Waals surface area contributed by atoms with Gasteiger partial charge in [-0.2, -0.15) is 0 Å². The highest BCUT2D eigenvalue weighted by Gasteiger charge is 2.45. The van der Waals surface area contributed by atoms with Crippen LogP contribution >= 0.6 is 0 Å². The molecule has 0 saturated heterocycles. The number of allylic oxidation sites excluding steroid dienone is 4. The molecular weight excluding hydrogens is 454 g/mol. The standard InChI is InChI=1S/C34H29NO2/c1-36-27-22-20-26(21-23-27)34(25-14-6-7-15-25,29-17-9-11-19-31(29)37-2)33-32(24-12-4-3-5-13-24)28-16-8-10-18-30(28)35-33/h3-14,16-23,35H,15H2,1-2H3/t34-/m0/s1. The van der Waals surface area contributed by atoms with Gasteiger partial charge in [-0.15, -0.1) is 0 Å². The molecule has 1 heterocycles. The summed E-state index contributed by atoms with van der Waals surface area (Å²) in [7, 11) is 3.46. The number of H-pyrrole nitrogens is 1. The molecule has 1 N–H and O–H groups in total. The van der Waals surface area contributed by atoms with E-state index >= 15 is 0 Å². The Morgan fingerprint density at radius 2 is 1.46 bits per heavy atom. The van der Waals surface area contributed by atoms with Gasteiger partial charge in [-0.1, -0.05) is 97.1 Å². The summed E-state index contributed by atoms with van der Waals surface area (Å²) in [5.41, 5.74) is 7.51. The van der Waals surface area contributed by atoms with Crippen molar-refractivity contribution in [2.45, 2.75) is 11.8 Å². The molecule has 1 aromatic heterocycles. The Hall–Kier alpha value is -4.50. The number of benzene rings is 4. The van der Waals surface area contributed by atoms with Crippen molar-refractivity contribution in [3.8, 4) is 22.6 Å². The van der Waals surface area contributed by atoms with Crippen LogP contribution in [0.4, 0.5) is 0 Å². The number of aromatic amines is 1. The van der Waals surface area contributed by atoms with Crippen LogP contribution in [0, 0.1) is 0 Å². The van der Waals surface area contributed by atoms with E-state index in [-0.39, 0.29) is 0 Å². The van der Waals surface area contributed by atoms with E-state index in [4.69, 9.17) is 9.47 Å². The summed E-state index contributed by atoms with van der Waals surface area (Å²) in [4.78, 5) is 3.90. The molecule has 3 nitrogen and oxygen atoms in total. The summed E-state index contributed by atoms with van der Waals surface area (Å²) in [5.74, 6) is 1.68. The number of para-hydroxylation sites is 2. The Balaban J connectivity index is 1.80. The lowest BCUT2D eigenvalue weighted by Crippen LogP contribution is -2.33. The van der Waals surface area contributed by atoms with E-state index in [1.165, 1.54) is 22.1 Å². The second kappa shape index (κ2) is 9.51. The summed E-state index contributed by atoms with van der Waals surface area (Å²) in [6.07, 6.45) is 7.49. The van der Waals surface area contributed by atoms with Crippen LogP contribution in [0.1, 0.15) is 23.2 Å². The van der Waals surface area contributed by atoms with Crippen LogP contribution in [0.2, 0.25) is 0 Å². The fraction of sp³-hybridized carbons (Fsp3) is 0.118. The minimum Gasteiger partial charge on any atom is -0.497 e. The molecule has 0 saturated carbocycles. The molecule has 0 unspecified atom stereocenters. The molecule has 1 aliphatic rings. The first-order valence-electron chi connectivity index (χ1n) is 12.6. The number of methoxy groups -OCH3 is 2. The topological polar surface area (TPSA) is 34.2 Å². The Bertz CT molecular complexity index is 1610. The Morgan fingerprint density at radius 3 is 2.19 bits per heavy atom. The number of hydrogen-bond donors (Lipinski definition) is 1. The van der Waals surface area contributed by atoms with Crippen molar-refractivity contribution in [2.24, 2.45) is 0 Å². The van der Waals surface area contributed by atoms with Gasteiger partial charge < -0.3 is 14.5 Å². The molecule has 0 radical (unpaired) electrons. The van der Waals surface area contributed by atoms with Gasteiger partial charge in [0.1, 0.15) is 11.5 Å². The fourth-order valence-corrected chi connectivity index (χ4v) is 5.80. The summed E-state index contributed by atoms with van der Waals surface area (Å²) in [6.45, 7) is 0. The first-order valence-corrected chi connectivity index (χ1v) is 12.6. The number of hydrogen-bond acceptors (Lipinski definition) is 2. The van der Waals surface area contributed by atoms with Crippen LogP contribution in [0.15, 0.2) is 127 Å². The lowest BCUT2D eigenvalue weighted by molar-refractivity contribution is 0.403. The van der Waals surface area contributed by atoms with Crippen LogP contribution in [0.3, 0.4) is 0 Å². The van der Waals surface area contributed by atoms with Gasteiger partial charge >= 0.3 is 0 Å². The van der Waals surface area contributed by atoms with Gasteiger partial charge in [-0.25, -0.2) is 0 Å². The number of nitrogens with one attached hydrogen (secondary N) is 1. The molecule has 0 aliphatic heterocycles. The normalized spacial score (nSPS) is 14.4. The minimum atomic E-state index is -0.632. The highest BCUT2D eigenvalue weighted by molar-refractivity contribution is 5.99. The zero-order chi connectivity index (χ0) is 25.2. The predicted molar refractivity (Wildman–Crippen MR) is 151 cm³/mol. The molecule has 5 aromatic rings. The molecule has 1 atom stereocenters. The lowest BCUT2D eigenvalue weighted by Gasteiger charge is -2.38. The maximum atomic E-state index is 6.03. The van der Waals surface area contributed by atoms with Crippen molar-refractivity contribution in [2.75, 3.05) is 14.2 Å². The van der Waals surface area contributed by atoms with Crippen molar-refractivity contribution in [3.63, 3.8) is 0 Å². The molecule has 182 valence electrons. The first-order chi connectivity index (χ1) is 18.3. The third-order valence-electron chi connectivity index (χ3n) is 7.43. The van der Waals surface area contributed by atoms with Gasteiger partial charge in [0.25, 0.3) is 0 Å². The third kappa shape index (κ3) is 3.66. The van der Waals surface area contributed by atoms with Crippen molar-refractivity contribution in [1.29, 1.82) is 0 Å². The molecule has 37 heavy (non-hydrogen) atoms. The van der Waals surface area contributed by atoms with Crippen LogP contribution < -0.4 is 9.47 Å². The summed E-state index contributed by atoms with van der Waals surface area (Å²) in [6, 6.07) is 36.1. The van der Waals surface area contributed by atoms with Gasteiger partial charge in [-0.05, 0) is 47.4 Å². The Kier molecular flexibility index (Phi) is 5.90. The van der Waals surface area contributed by atoms with Gasteiger partial charge in [0.05, 0.1) is 19.6 Å². The van der Waals surface area contributed by atoms with E-state index in [0.29, 0.717) is 0 Å². The molecule has 0 spiro atoms. The third-order valence-corrected chi connectivity index (χ3v) is 7.43. The Morgan fingerprint density at radius 1 is 0.730 bits per heavy atom. The number of rotatable bonds is 7. The lowest BCUT2D eigenvalue weighted by atomic mass is 9.64. The molecular formula is C34H29NO2. The van der Waals surface area contributed by atoms with Gasteiger partial charge in [0, 0.05) is 27.7 Å². The van der Waals surface area contributed by atoms with E-state index in [1.807, 2.05) is 18.2 Å². The maximum Gasteiger partial charge on any atom is 0.123 e. The highest BCUT2D eigenvalue weighted by Crippen LogP contribution is 2.54. The number of fused-ring (bicyclic) bond motifs is 1. The van der Waals surface area contributed by atoms with Gasteiger partial charge in [0.2, 0.25) is 0 Å².